The van der Waals surface area contributed by atoms with Gasteiger partial charge in [-0.05, 0) is 25.2 Å². The maximum Gasteiger partial charge on any atom is 0.319 e. The summed E-state index contributed by atoms with van der Waals surface area (Å²) < 4.78 is 5.21. The maximum absolute atomic E-state index is 11.4. The van der Waals surface area contributed by atoms with Crippen molar-refractivity contribution in [3.05, 3.63) is 0 Å². The zero-order chi connectivity index (χ0) is 11.2. The molecule has 0 aromatic heterocycles. The summed E-state index contributed by atoms with van der Waals surface area (Å²) in [6.45, 7) is 1.02. The molecule has 2 fully saturated rings. The average molecular weight is 225 g/mol. The van der Waals surface area contributed by atoms with Gasteiger partial charge in [0.05, 0.1) is 13.2 Å². The largest absolute Gasteiger partial charge is 0.465 e. The minimum atomic E-state index is -0.0776. The molecule has 0 saturated heterocycles. The molecule has 2 saturated carbocycles. The first kappa shape index (κ1) is 11.9. The van der Waals surface area contributed by atoms with Gasteiger partial charge in [-0.3, -0.25) is 4.79 Å². The lowest BCUT2D eigenvalue weighted by atomic mass is 9.83. The molecule has 2 rings (SSSR count). The van der Waals surface area contributed by atoms with Gasteiger partial charge in [0.2, 0.25) is 0 Å². The first-order valence-corrected chi connectivity index (χ1v) is 6.73. The molecule has 2 aliphatic carbocycles. The van der Waals surface area contributed by atoms with Crippen molar-refractivity contribution < 1.29 is 9.53 Å². The molecule has 92 valence electrons. The zero-order valence-corrected chi connectivity index (χ0v) is 10.0. The first-order valence-electron chi connectivity index (χ1n) is 6.73. The molecule has 0 unspecified atom stereocenters. The summed E-state index contributed by atoms with van der Waals surface area (Å²) in [5, 5.41) is 3.27. The number of hydrogen-bond acceptors (Lipinski definition) is 3. The van der Waals surface area contributed by atoms with E-state index in [0.29, 0.717) is 19.2 Å². The Morgan fingerprint density at radius 3 is 2.50 bits per heavy atom. The number of carbonyl (C=O) groups excluding carboxylic acids is 1. The van der Waals surface area contributed by atoms with Gasteiger partial charge in [-0.2, -0.15) is 0 Å². The van der Waals surface area contributed by atoms with Crippen LogP contribution in [-0.4, -0.2) is 25.2 Å². The Morgan fingerprint density at radius 2 is 1.88 bits per heavy atom. The van der Waals surface area contributed by atoms with E-state index in [1.165, 1.54) is 44.9 Å². The van der Waals surface area contributed by atoms with Crippen molar-refractivity contribution in [3.63, 3.8) is 0 Å². The summed E-state index contributed by atoms with van der Waals surface area (Å²) >= 11 is 0. The highest BCUT2D eigenvalue weighted by Crippen LogP contribution is 2.29. The van der Waals surface area contributed by atoms with Crippen molar-refractivity contribution in [2.24, 2.45) is 5.92 Å². The average Bonchev–Trinajstić information content (AvgIpc) is 2.71. The molecule has 0 spiro atoms. The lowest BCUT2D eigenvalue weighted by molar-refractivity contribution is -0.143. The normalized spacial score (nSPS) is 22.0. The fraction of sp³-hybridized carbons (Fsp3) is 0.923. The Morgan fingerprint density at radius 1 is 1.12 bits per heavy atom. The fourth-order valence-corrected chi connectivity index (χ4v) is 2.53. The Bertz CT molecular complexity index is 220. The molecule has 3 heteroatoms. The number of rotatable bonds is 6. The number of esters is 1. The van der Waals surface area contributed by atoms with Crippen LogP contribution in [0.1, 0.15) is 51.4 Å². The highest BCUT2D eigenvalue weighted by atomic mass is 16.5. The molecule has 0 heterocycles. The van der Waals surface area contributed by atoms with E-state index >= 15 is 0 Å². The van der Waals surface area contributed by atoms with Crippen LogP contribution in [0.4, 0.5) is 0 Å². The van der Waals surface area contributed by atoms with E-state index in [2.05, 4.69) is 5.32 Å². The second-order valence-electron chi connectivity index (χ2n) is 5.17. The Kier molecular flexibility index (Phi) is 4.64. The predicted molar refractivity (Wildman–Crippen MR) is 63.2 cm³/mol. The monoisotopic (exact) mass is 225 g/mol. The molecule has 0 bridgehead atoms. The van der Waals surface area contributed by atoms with Gasteiger partial charge >= 0.3 is 5.97 Å². The highest BCUT2D eigenvalue weighted by Gasteiger charge is 2.18. The summed E-state index contributed by atoms with van der Waals surface area (Å²) in [7, 11) is 0. The summed E-state index contributed by atoms with van der Waals surface area (Å²) in [5.74, 6) is 0.752. The van der Waals surface area contributed by atoms with Crippen molar-refractivity contribution in [2.45, 2.75) is 57.4 Å². The number of carbonyl (C=O) groups is 1. The van der Waals surface area contributed by atoms with E-state index in [1.54, 1.807) is 0 Å². The molecule has 16 heavy (non-hydrogen) atoms. The minimum Gasteiger partial charge on any atom is -0.465 e. The molecule has 0 atom stereocenters. The van der Waals surface area contributed by atoms with Crippen molar-refractivity contribution in [2.75, 3.05) is 13.2 Å². The van der Waals surface area contributed by atoms with E-state index in [0.717, 1.165) is 12.3 Å². The van der Waals surface area contributed by atoms with Crippen LogP contribution in [0.2, 0.25) is 0 Å². The van der Waals surface area contributed by atoms with Crippen LogP contribution >= 0.6 is 0 Å². The van der Waals surface area contributed by atoms with Gasteiger partial charge in [0.25, 0.3) is 0 Å². The third-order valence-corrected chi connectivity index (χ3v) is 3.90. The van der Waals surface area contributed by atoms with Crippen LogP contribution in [0.25, 0.3) is 0 Å². The molecule has 0 amide bonds. The highest BCUT2D eigenvalue weighted by molar-refractivity contribution is 5.71. The van der Waals surface area contributed by atoms with Crippen LogP contribution in [0, 0.1) is 5.92 Å². The third kappa shape index (κ3) is 3.78. The zero-order valence-electron chi connectivity index (χ0n) is 10.0. The second kappa shape index (κ2) is 6.24. The summed E-state index contributed by atoms with van der Waals surface area (Å²) in [6.07, 6.45) is 10.1. The fourth-order valence-electron chi connectivity index (χ4n) is 2.53. The molecule has 0 aromatic rings. The van der Waals surface area contributed by atoms with Gasteiger partial charge in [0.15, 0.2) is 0 Å². The molecule has 2 aliphatic rings. The predicted octanol–water partition coefficient (Wildman–Crippen LogP) is 2.25. The Hall–Kier alpha value is -0.570. The van der Waals surface area contributed by atoms with Crippen molar-refractivity contribution >= 4 is 5.97 Å². The number of ether oxygens (including phenoxy) is 1. The van der Waals surface area contributed by atoms with E-state index in [9.17, 15) is 4.79 Å². The van der Waals surface area contributed by atoms with Gasteiger partial charge < -0.3 is 10.1 Å². The van der Waals surface area contributed by atoms with Gasteiger partial charge in [0.1, 0.15) is 0 Å². The van der Waals surface area contributed by atoms with E-state index in [1.807, 2.05) is 0 Å². The lowest BCUT2D eigenvalue weighted by Crippen LogP contribution is -2.32. The summed E-state index contributed by atoms with van der Waals surface area (Å²) in [6, 6.07) is 0.555. The minimum absolute atomic E-state index is 0.0776. The molecule has 3 nitrogen and oxygen atoms in total. The van der Waals surface area contributed by atoms with Gasteiger partial charge in [-0.15, -0.1) is 0 Å². The standard InChI is InChI=1S/C13H23NO2/c15-13(10-14-12-6-1-2-7-12)16-9-8-11-4-3-5-11/h11-12,14H,1-10H2. The van der Waals surface area contributed by atoms with Crippen LogP contribution in [0.15, 0.2) is 0 Å². The molecule has 0 radical (unpaired) electrons. The number of hydrogen-bond donors (Lipinski definition) is 1. The third-order valence-electron chi connectivity index (χ3n) is 3.90. The van der Waals surface area contributed by atoms with Crippen LogP contribution in [0.5, 0.6) is 0 Å². The van der Waals surface area contributed by atoms with Crippen LogP contribution in [-0.2, 0) is 9.53 Å². The van der Waals surface area contributed by atoms with Crippen LogP contribution < -0.4 is 5.32 Å². The molecular formula is C13H23NO2. The molecular weight excluding hydrogens is 202 g/mol. The quantitative estimate of drug-likeness (QED) is 0.705. The molecule has 1 N–H and O–H groups in total. The van der Waals surface area contributed by atoms with Crippen molar-refractivity contribution in [1.29, 1.82) is 0 Å². The molecule has 0 aliphatic heterocycles. The van der Waals surface area contributed by atoms with Gasteiger partial charge in [-0.1, -0.05) is 32.1 Å². The van der Waals surface area contributed by atoms with Gasteiger partial charge in [0, 0.05) is 6.04 Å². The Balaban J connectivity index is 1.46. The van der Waals surface area contributed by atoms with Gasteiger partial charge in [-0.25, -0.2) is 0 Å². The second-order valence-corrected chi connectivity index (χ2v) is 5.17. The summed E-state index contributed by atoms with van der Waals surface area (Å²) in [5.41, 5.74) is 0. The topological polar surface area (TPSA) is 38.3 Å². The molecule has 0 aromatic carbocycles. The van der Waals surface area contributed by atoms with Crippen molar-refractivity contribution in [1.82, 2.24) is 5.32 Å². The Labute approximate surface area is 97.9 Å². The first-order chi connectivity index (χ1) is 7.84. The van der Waals surface area contributed by atoms with E-state index in [4.69, 9.17) is 4.74 Å². The maximum atomic E-state index is 11.4. The lowest BCUT2D eigenvalue weighted by Gasteiger charge is -2.24. The number of nitrogens with one attached hydrogen (secondary N) is 1. The van der Waals surface area contributed by atoms with E-state index < -0.39 is 0 Å². The van der Waals surface area contributed by atoms with Crippen molar-refractivity contribution in [3.8, 4) is 0 Å². The van der Waals surface area contributed by atoms with E-state index in [-0.39, 0.29) is 5.97 Å². The summed E-state index contributed by atoms with van der Waals surface area (Å²) in [4.78, 5) is 11.4. The SMILES string of the molecule is O=C(CNC1CCCC1)OCCC1CCC1. The van der Waals surface area contributed by atoms with Crippen LogP contribution in [0.3, 0.4) is 0 Å². The smallest absolute Gasteiger partial charge is 0.319 e.